The second-order valence-electron chi connectivity index (χ2n) is 8.47. The van der Waals surface area contributed by atoms with Gasteiger partial charge >= 0.3 is 0 Å². The maximum Gasteiger partial charge on any atom is 0.192 e. The average Bonchev–Trinajstić information content (AvgIpc) is 3.48. The molecule has 164 valence electrons. The minimum absolute atomic E-state index is 0. The first-order valence-corrected chi connectivity index (χ1v) is 10.9. The molecule has 9 heteroatoms. The molecule has 2 aliphatic heterocycles. The molecular weight excluding hydrogens is 481 g/mol. The van der Waals surface area contributed by atoms with Gasteiger partial charge in [0.2, 0.25) is 0 Å². The van der Waals surface area contributed by atoms with Crippen LogP contribution in [0.1, 0.15) is 56.6 Å². The minimum atomic E-state index is 0. The molecule has 2 atom stereocenters. The second kappa shape index (κ2) is 10.9. The van der Waals surface area contributed by atoms with Crippen molar-refractivity contribution in [1.82, 2.24) is 30.3 Å². The molecule has 0 amide bonds. The van der Waals surface area contributed by atoms with Crippen molar-refractivity contribution in [1.29, 1.82) is 0 Å². The fraction of sp³-hybridized carbons (Fsp3) is 0.850. The predicted molar refractivity (Wildman–Crippen MR) is 125 cm³/mol. The maximum absolute atomic E-state index is 5.76. The predicted octanol–water partition coefficient (Wildman–Crippen LogP) is 1.97. The molecule has 1 aromatic rings. The molecule has 3 heterocycles. The van der Waals surface area contributed by atoms with Crippen LogP contribution in [0.15, 0.2) is 4.99 Å². The van der Waals surface area contributed by atoms with E-state index in [2.05, 4.69) is 25.7 Å². The van der Waals surface area contributed by atoms with E-state index in [-0.39, 0.29) is 24.0 Å². The quantitative estimate of drug-likeness (QED) is 0.342. The van der Waals surface area contributed by atoms with E-state index in [1.807, 2.05) is 18.5 Å². The Morgan fingerprint density at radius 3 is 2.69 bits per heavy atom. The number of nitrogens with one attached hydrogen (secondary N) is 2. The van der Waals surface area contributed by atoms with Crippen molar-refractivity contribution < 1.29 is 4.74 Å². The van der Waals surface area contributed by atoms with E-state index in [1.54, 1.807) is 0 Å². The summed E-state index contributed by atoms with van der Waals surface area (Å²) in [5.41, 5.74) is 0. The number of aromatic nitrogens is 3. The van der Waals surface area contributed by atoms with Gasteiger partial charge in [-0.05, 0) is 39.0 Å². The number of aryl methyl sites for hydroxylation is 1. The van der Waals surface area contributed by atoms with Crippen LogP contribution in [0.3, 0.4) is 0 Å². The van der Waals surface area contributed by atoms with Crippen molar-refractivity contribution in [2.45, 2.75) is 76.6 Å². The van der Waals surface area contributed by atoms with Crippen LogP contribution < -0.4 is 10.6 Å². The van der Waals surface area contributed by atoms with Gasteiger partial charge < -0.3 is 19.9 Å². The van der Waals surface area contributed by atoms with Crippen LogP contribution in [0, 0.1) is 6.92 Å². The molecule has 1 saturated carbocycles. The summed E-state index contributed by atoms with van der Waals surface area (Å²) in [5, 5.41) is 15.6. The fourth-order valence-corrected chi connectivity index (χ4v) is 4.61. The number of likely N-dealkylation sites (tertiary alicyclic amines) is 1. The zero-order valence-corrected chi connectivity index (χ0v) is 20.1. The first kappa shape index (κ1) is 22.7. The number of ether oxygens (including phenoxy) is 1. The molecule has 1 aromatic heterocycles. The normalized spacial score (nSPS) is 26.1. The van der Waals surface area contributed by atoms with Gasteiger partial charge in [-0.3, -0.25) is 4.90 Å². The summed E-state index contributed by atoms with van der Waals surface area (Å²) in [7, 11) is 1.99. The molecule has 2 saturated heterocycles. The third-order valence-electron chi connectivity index (χ3n) is 6.48. The van der Waals surface area contributed by atoms with Gasteiger partial charge in [0.25, 0.3) is 0 Å². The van der Waals surface area contributed by atoms with Gasteiger partial charge in [-0.1, -0.05) is 12.8 Å². The molecule has 0 radical (unpaired) electrons. The zero-order valence-electron chi connectivity index (χ0n) is 17.8. The summed E-state index contributed by atoms with van der Waals surface area (Å²) >= 11 is 0. The van der Waals surface area contributed by atoms with E-state index < -0.39 is 0 Å². The molecule has 3 aliphatic rings. The number of hydrogen-bond donors (Lipinski definition) is 2. The molecule has 29 heavy (non-hydrogen) atoms. The molecule has 8 nitrogen and oxygen atoms in total. The zero-order chi connectivity index (χ0) is 19.3. The van der Waals surface area contributed by atoms with Crippen LogP contribution in [0.4, 0.5) is 0 Å². The largest absolute Gasteiger partial charge is 0.376 e. The lowest BCUT2D eigenvalue weighted by Crippen LogP contribution is -2.47. The molecule has 2 unspecified atom stereocenters. The molecule has 0 bridgehead atoms. The Labute approximate surface area is 191 Å². The number of guanidine groups is 1. The van der Waals surface area contributed by atoms with E-state index in [0.29, 0.717) is 18.7 Å². The smallest absolute Gasteiger partial charge is 0.192 e. The SMILES string of the molecule is Cc1nnc(CN=C(NCC2CCCO2)NC2CCN(C3CCCC3)C2)n1C.I. The minimum Gasteiger partial charge on any atom is -0.376 e. The van der Waals surface area contributed by atoms with Gasteiger partial charge in [0.1, 0.15) is 12.4 Å². The molecule has 1 aliphatic carbocycles. The van der Waals surface area contributed by atoms with Gasteiger partial charge in [0, 0.05) is 45.4 Å². The first-order valence-electron chi connectivity index (χ1n) is 10.9. The summed E-state index contributed by atoms with van der Waals surface area (Å²) in [6.45, 7) is 6.49. The van der Waals surface area contributed by atoms with Gasteiger partial charge in [0.15, 0.2) is 11.8 Å². The van der Waals surface area contributed by atoms with Crippen molar-refractivity contribution in [2.24, 2.45) is 12.0 Å². The van der Waals surface area contributed by atoms with Crippen LogP contribution in [-0.2, 0) is 18.3 Å². The Bertz CT molecular complexity index is 668. The lowest BCUT2D eigenvalue weighted by atomic mass is 10.2. The average molecular weight is 517 g/mol. The second-order valence-corrected chi connectivity index (χ2v) is 8.47. The number of hydrogen-bond acceptors (Lipinski definition) is 5. The highest BCUT2D eigenvalue weighted by molar-refractivity contribution is 14.0. The van der Waals surface area contributed by atoms with Crippen LogP contribution in [-0.4, -0.2) is 70.1 Å². The standard InChI is InChI=1S/C20H35N7O.HI/c1-15-24-25-19(26(15)2)13-22-20(21-12-18-8-5-11-28-18)23-16-9-10-27(14-16)17-6-3-4-7-17;/h16-18H,3-14H2,1-2H3,(H2,21,22,23);1H. The Hall–Kier alpha value is -0.940. The third kappa shape index (κ3) is 6.04. The Morgan fingerprint density at radius 2 is 2.00 bits per heavy atom. The van der Waals surface area contributed by atoms with Crippen LogP contribution in [0.2, 0.25) is 0 Å². The van der Waals surface area contributed by atoms with Crippen molar-refractivity contribution in [3.8, 4) is 0 Å². The molecule has 2 N–H and O–H groups in total. The number of aliphatic imine (C=N–C) groups is 1. The van der Waals surface area contributed by atoms with Crippen LogP contribution in [0.5, 0.6) is 0 Å². The lowest BCUT2D eigenvalue weighted by molar-refractivity contribution is 0.113. The highest BCUT2D eigenvalue weighted by Crippen LogP contribution is 2.26. The number of nitrogens with zero attached hydrogens (tertiary/aromatic N) is 5. The van der Waals surface area contributed by atoms with Gasteiger partial charge in [-0.2, -0.15) is 0 Å². The van der Waals surface area contributed by atoms with Crippen LogP contribution >= 0.6 is 24.0 Å². The molecular formula is C20H36IN7O. The number of rotatable bonds is 6. The van der Waals surface area contributed by atoms with Crippen molar-refractivity contribution >= 4 is 29.9 Å². The first-order chi connectivity index (χ1) is 13.7. The number of halogens is 1. The van der Waals surface area contributed by atoms with E-state index in [1.165, 1.54) is 38.6 Å². The van der Waals surface area contributed by atoms with E-state index in [4.69, 9.17) is 9.73 Å². The van der Waals surface area contributed by atoms with E-state index >= 15 is 0 Å². The molecule has 0 spiro atoms. The van der Waals surface area contributed by atoms with Crippen molar-refractivity contribution in [3.63, 3.8) is 0 Å². The Kier molecular flexibility index (Phi) is 8.55. The molecule has 3 fully saturated rings. The summed E-state index contributed by atoms with van der Waals surface area (Å²) in [6.07, 6.45) is 9.29. The van der Waals surface area contributed by atoms with E-state index in [0.717, 1.165) is 56.2 Å². The van der Waals surface area contributed by atoms with Gasteiger partial charge in [-0.15, -0.1) is 34.2 Å². The molecule has 0 aromatic carbocycles. The van der Waals surface area contributed by atoms with E-state index in [9.17, 15) is 0 Å². The van der Waals surface area contributed by atoms with Crippen molar-refractivity contribution in [2.75, 3.05) is 26.2 Å². The lowest BCUT2D eigenvalue weighted by Gasteiger charge is -2.24. The summed E-state index contributed by atoms with van der Waals surface area (Å²) in [4.78, 5) is 7.49. The Balaban J connectivity index is 0.00000240. The van der Waals surface area contributed by atoms with Crippen LogP contribution in [0.25, 0.3) is 0 Å². The monoisotopic (exact) mass is 517 g/mol. The summed E-state index contributed by atoms with van der Waals surface area (Å²) < 4.78 is 7.76. The maximum atomic E-state index is 5.76. The van der Waals surface area contributed by atoms with Gasteiger partial charge in [0.05, 0.1) is 6.10 Å². The van der Waals surface area contributed by atoms with Crippen molar-refractivity contribution in [3.05, 3.63) is 11.6 Å². The highest BCUT2D eigenvalue weighted by Gasteiger charge is 2.30. The Morgan fingerprint density at radius 1 is 1.17 bits per heavy atom. The summed E-state index contributed by atoms with van der Waals surface area (Å²) in [5.74, 6) is 2.67. The van der Waals surface area contributed by atoms with Gasteiger partial charge in [-0.25, -0.2) is 4.99 Å². The molecule has 4 rings (SSSR count). The highest BCUT2D eigenvalue weighted by atomic mass is 127. The fourth-order valence-electron chi connectivity index (χ4n) is 4.61. The summed E-state index contributed by atoms with van der Waals surface area (Å²) in [6, 6.07) is 1.26. The topological polar surface area (TPSA) is 79.6 Å². The third-order valence-corrected chi connectivity index (χ3v) is 6.48.